The number of Topliss-reactive ketones (excluding diaryl/α,β-unsaturated/α-hetero) is 1. The topological polar surface area (TPSA) is 60.4 Å². The largest absolute Gasteiger partial charge is 0.469 e. The first-order valence-electron chi connectivity index (χ1n) is 5.06. The molecule has 0 spiro atoms. The molecule has 92 valence electrons. The summed E-state index contributed by atoms with van der Waals surface area (Å²) in [6.45, 7) is 1.93. The zero-order valence-corrected chi connectivity index (χ0v) is 10.6. The molecule has 0 aromatic heterocycles. The molecule has 0 N–H and O–H groups in total. The number of carbonyl (C=O) groups is 2. The molecular weight excluding hydrogens is 240 g/mol. The Labute approximate surface area is 102 Å². The van der Waals surface area contributed by atoms with Crippen molar-refractivity contribution in [1.82, 2.24) is 0 Å². The summed E-state index contributed by atoms with van der Waals surface area (Å²) < 4.78 is 16.1. The monoisotopic (exact) mass is 254 g/mol. The maximum absolute atomic E-state index is 11.8. The standard InChI is InChI=1S/C12H14O4S/c1-9-3-5-11(6-4-9)17(15)8-10(13)7-12(14)16-2/h3-6H,7-8H2,1-2H3. The van der Waals surface area contributed by atoms with Crippen LogP contribution in [0.1, 0.15) is 12.0 Å². The predicted octanol–water partition coefficient (Wildman–Crippen LogP) is 1.23. The smallest absolute Gasteiger partial charge is 0.313 e. The zero-order chi connectivity index (χ0) is 12.8. The highest BCUT2D eigenvalue weighted by atomic mass is 32.2. The van der Waals surface area contributed by atoms with E-state index in [1.54, 1.807) is 12.1 Å². The number of rotatable bonds is 5. The van der Waals surface area contributed by atoms with Gasteiger partial charge in [0.2, 0.25) is 0 Å². The number of hydrogen-bond acceptors (Lipinski definition) is 4. The average Bonchev–Trinajstić information content (AvgIpc) is 2.29. The molecule has 0 heterocycles. The Morgan fingerprint density at radius 2 is 1.82 bits per heavy atom. The molecule has 0 fully saturated rings. The molecule has 1 aromatic carbocycles. The quantitative estimate of drug-likeness (QED) is 0.586. The third-order valence-corrected chi connectivity index (χ3v) is 3.53. The molecule has 0 aliphatic rings. The van der Waals surface area contributed by atoms with E-state index in [0.717, 1.165) is 5.56 Å². The zero-order valence-electron chi connectivity index (χ0n) is 9.76. The van der Waals surface area contributed by atoms with E-state index in [2.05, 4.69) is 4.74 Å². The van der Waals surface area contributed by atoms with Crippen molar-refractivity contribution >= 4 is 22.6 Å². The Morgan fingerprint density at radius 3 is 2.35 bits per heavy atom. The van der Waals surface area contributed by atoms with Crippen LogP contribution in [0.15, 0.2) is 29.2 Å². The Morgan fingerprint density at radius 1 is 1.24 bits per heavy atom. The summed E-state index contributed by atoms with van der Waals surface area (Å²) in [5.74, 6) is -1.13. The lowest BCUT2D eigenvalue weighted by molar-refractivity contribution is -0.142. The second kappa shape index (κ2) is 6.30. The van der Waals surface area contributed by atoms with Gasteiger partial charge in [-0.15, -0.1) is 0 Å². The third-order valence-electron chi connectivity index (χ3n) is 2.15. The molecular formula is C12H14O4S. The van der Waals surface area contributed by atoms with E-state index in [1.807, 2.05) is 19.1 Å². The SMILES string of the molecule is COC(=O)CC(=O)CS(=O)c1ccc(C)cc1. The van der Waals surface area contributed by atoms with Crippen molar-refractivity contribution in [1.29, 1.82) is 0 Å². The second-order valence-electron chi connectivity index (χ2n) is 3.59. The molecule has 0 saturated heterocycles. The summed E-state index contributed by atoms with van der Waals surface area (Å²) in [6, 6.07) is 7.10. The van der Waals surface area contributed by atoms with Gasteiger partial charge in [0.15, 0.2) is 5.78 Å². The Bertz CT molecular complexity index is 436. The first-order valence-corrected chi connectivity index (χ1v) is 6.38. The van der Waals surface area contributed by atoms with Gasteiger partial charge < -0.3 is 4.74 Å². The van der Waals surface area contributed by atoms with Crippen LogP contribution in [0.2, 0.25) is 0 Å². The molecule has 0 amide bonds. The fourth-order valence-electron chi connectivity index (χ4n) is 1.20. The molecule has 1 rings (SSSR count). The van der Waals surface area contributed by atoms with Crippen molar-refractivity contribution in [3.05, 3.63) is 29.8 Å². The number of hydrogen-bond donors (Lipinski definition) is 0. The molecule has 1 aromatic rings. The summed E-state index contributed by atoms with van der Waals surface area (Å²) in [6.07, 6.45) is -0.325. The number of methoxy groups -OCH3 is 1. The van der Waals surface area contributed by atoms with Crippen LogP contribution in [0.25, 0.3) is 0 Å². The lowest BCUT2D eigenvalue weighted by Gasteiger charge is -2.02. The normalized spacial score (nSPS) is 11.9. The maximum atomic E-state index is 11.8. The molecule has 4 nitrogen and oxygen atoms in total. The molecule has 5 heteroatoms. The minimum absolute atomic E-state index is 0.155. The van der Waals surface area contributed by atoms with Gasteiger partial charge in [-0.1, -0.05) is 17.7 Å². The molecule has 0 bridgehead atoms. The van der Waals surface area contributed by atoms with Gasteiger partial charge in [-0.25, -0.2) is 0 Å². The second-order valence-corrected chi connectivity index (χ2v) is 5.05. The molecule has 1 unspecified atom stereocenters. The summed E-state index contributed by atoms with van der Waals surface area (Å²) in [4.78, 5) is 22.8. The van der Waals surface area contributed by atoms with E-state index < -0.39 is 16.8 Å². The van der Waals surface area contributed by atoms with Crippen LogP contribution in [0, 0.1) is 6.92 Å². The van der Waals surface area contributed by atoms with Crippen LogP contribution in [0.5, 0.6) is 0 Å². The molecule has 0 saturated carbocycles. The molecule has 1 atom stereocenters. The van der Waals surface area contributed by atoms with E-state index in [4.69, 9.17) is 0 Å². The summed E-state index contributed by atoms with van der Waals surface area (Å²) >= 11 is 0. The van der Waals surface area contributed by atoms with Gasteiger partial charge >= 0.3 is 5.97 Å². The minimum Gasteiger partial charge on any atom is -0.469 e. The highest BCUT2D eigenvalue weighted by molar-refractivity contribution is 7.85. The van der Waals surface area contributed by atoms with E-state index >= 15 is 0 Å². The molecule has 0 aliphatic heterocycles. The number of aryl methyl sites for hydroxylation is 1. The van der Waals surface area contributed by atoms with Crippen LogP contribution >= 0.6 is 0 Å². The number of esters is 1. The average molecular weight is 254 g/mol. The van der Waals surface area contributed by atoms with Crippen molar-refractivity contribution < 1.29 is 18.5 Å². The number of carbonyl (C=O) groups excluding carboxylic acids is 2. The fraction of sp³-hybridized carbons (Fsp3) is 0.333. The minimum atomic E-state index is -1.40. The van der Waals surface area contributed by atoms with Crippen molar-refractivity contribution in [2.75, 3.05) is 12.9 Å². The fourth-order valence-corrected chi connectivity index (χ4v) is 2.20. The lowest BCUT2D eigenvalue weighted by atomic mass is 10.2. The molecule has 0 radical (unpaired) electrons. The Hall–Kier alpha value is -1.49. The lowest BCUT2D eigenvalue weighted by Crippen LogP contribution is -2.16. The summed E-state index contributed by atoms with van der Waals surface area (Å²) in [5.41, 5.74) is 1.06. The van der Waals surface area contributed by atoms with Gasteiger partial charge in [0.25, 0.3) is 0 Å². The van der Waals surface area contributed by atoms with Crippen molar-refractivity contribution in [3.63, 3.8) is 0 Å². The van der Waals surface area contributed by atoms with E-state index in [9.17, 15) is 13.8 Å². The van der Waals surface area contributed by atoms with Crippen LogP contribution in [-0.4, -0.2) is 28.8 Å². The first-order chi connectivity index (χ1) is 8.02. The van der Waals surface area contributed by atoms with Gasteiger partial charge in [-0.05, 0) is 19.1 Å². The van der Waals surface area contributed by atoms with Gasteiger partial charge in [-0.3, -0.25) is 13.8 Å². The van der Waals surface area contributed by atoms with Crippen molar-refractivity contribution in [2.24, 2.45) is 0 Å². The third kappa shape index (κ3) is 4.48. The van der Waals surface area contributed by atoms with E-state index in [1.165, 1.54) is 7.11 Å². The van der Waals surface area contributed by atoms with Gasteiger partial charge in [-0.2, -0.15) is 0 Å². The first kappa shape index (κ1) is 13.6. The Balaban J connectivity index is 2.57. The maximum Gasteiger partial charge on any atom is 0.313 e. The van der Waals surface area contributed by atoms with Crippen LogP contribution in [0.4, 0.5) is 0 Å². The summed E-state index contributed by atoms with van der Waals surface area (Å²) in [5, 5.41) is 0. The highest BCUT2D eigenvalue weighted by Gasteiger charge is 2.14. The molecule has 0 aliphatic carbocycles. The van der Waals surface area contributed by atoms with Crippen molar-refractivity contribution in [3.8, 4) is 0 Å². The van der Waals surface area contributed by atoms with E-state index in [-0.39, 0.29) is 18.0 Å². The number of ketones is 1. The Kier molecular flexibility index (Phi) is 5.03. The molecule has 17 heavy (non-hydrogen) atoms. The van der Waals surface area contributed by atoms with Crippen LogP contribution in [0.3, 0.4) is 0 Å². The number of ether oxygens (including phenoxy) is 1. The highest BCUT2D eigenvalue weighted by Crippen LogP contribution is 2.09. The number of benzene rings is 1. The van der Waals surface area contributed by atoms with Crippen LogP contribution < -0.4 is 0 Å². The summed E-state index contributed by atoms with van der Waals surface area (Å²) in [7, 11) is -0.183. The van der Waals surface area contributed by atoms with Gasteiger partial charge in [0, 0.05) is 4.90 Å². The van der Waals surface area contributed by atoms with E-state index in [0.29, 0.717) is 4.90 Å². The predicted molar refractivity (Wildman–Crippen MR) is 64.1 cm³/mol. The van der Waals surface area contributed by atoms with Gasteiger partial charge in [0.1, 0.15) is 6.42 Å². The van der Waals surface area contributed by atoms with Gasteiger partial charge in [0.05, 0.1) is 23.7 Å². The van der Waals surface area contributed by atoms with Crippen molar-refractivity contribution in [2.45, 2.75) is 18.2 Å². The van der Waals surface area contributed by atoms with Crippen LogP contribution in [-0.2, 0) is 25.1 Å².